The predicted octanol–water partition coefficient (Wildman–Crippen LogP) is 2.24. The molecular formula is C10H14O2. The molecule has 0 fully saturated rings. The second-order valence-corrected chi connectivity index (χ2v) is 2.26. The molecule has 2 heteroatoms. The Morgan fingerprint density at radius 3 is 2.50 bits per heavy atom. The van der Waals surface area contributed by atoms with Crippen molar-refractivity contribution in [3.05, 3.63) is 37.0 Å². The van der Waals surface area contributed by atoms with Crippen LogP contribution in [0, 0.1) is 0 Å². The fourth-order valence-electron chi connectivity index (χ4n) is 0.753. The van der Waals surface area contributed by atoms with Crippen molar-refractivity contribution >= 4 is 5.97 Å². The number of rotatable bonds is 5. The molecule has 0 N–H and O–H groups in total. The number of hydrogen-bond acceptors (Lipinski definition) is 2. The van der Waals surface area contributed by atoms with Gasteiger partial charge in [0.05, 0.1) is 7.11 Å². The molecule has 0 spiro atoms. The van der Waals surface area contributed by atoms with Gasteiger partial charge in [-0.05, 0) is 12.0 Å². The molecule has 0 heterocycles. The molecular weight excluding hydrogens is 152 g/mol. The third-order valence-electron chi connectivity index (χ3n) is 1.44. The van der Waals surface area contributed by atoms with Crippen molar-refractivity contribution in [2.45, 2.75) is 12.8 Å². The van der Waals surface area contributed by atoms with Crippen LogP contribution in [0.25, 0.3) is 0 Å². The van der Waals surface area contributed by atoms with Crippen LogP contribution in [0.1, 0.15) is 12.8 Å². The Kier molecular flexibility index (Phi) is 5.70. The van der Waals surface area contributed by atoms with Crippen molar-refractivity contribution in [1.82, 2.24) is 0 Å². The molecule has 2 nitrogen and oxygen atoms in total. The monoisotopic (exact) mass is 166 g/mol. The molecule has 0 aliphatic heterocycles. The molecule has 0 aliphatic carbocycles. The molecule has 0 atom stereocenters. The van der Waals surface area contributed by atoms with Crippen molar-refractivity contribution in [1.29, 1.82) is 0 Å². The second-order valence-electron chi connectivity index (χ2n) is 2.26. The summed E-state index contributed by atoms with van der Waals surface area (Å²) < 4.78 is 4.50. The minimum Gasteiger partial charge on any atom is -0.469 e. The first-order valence-corrected chi connectivity index (χ1v) is 3.75. The van der Waals surface area contributed by atoms with E-state index >= 15 is 0 Å². The summed E-state index contributed by atoms with van der Waals surface area (Å²) in [5.74, 6) is -0.202. The van der Waals surface area contributed by atoms with E-state index in [9.17, 15) is 4.79 Å². The largest absolute Gasteiger partial charge is 0.469 e. The zero-order valence-electron chi connectivity index (χ0n) is 7.38. The number of ether oxygens (including phenoxy) is 1. The maximum atomic E-state index is 10.7. The number of carbonyl (C=O) groups excluding carboxylic acids is 1. The van der Waals surface area contributed by atoms with Gasteiger partial charge in [-0.3, -0.25) is 4.79 Å². The van der Waals surface area contributed by atoms with Crippen molar-refractivity contribution in [3.63, 3.8) is 0 Å². The molecule has 0 aliphatic rings. The number of allylic oxidation sites excluding steroid dienone is 4. The maximum Gasteiger partial charge on any atom is 0.305 e. The van der Waals surface area contributed by atoms with Crippen molar-refractivity contribution in [2.24, 2.45) is 0 Å². The SMILES string of the molecule is C=CC=C(C=C)CCC(=O)OC. The first-order chi connectivity index (χ1) is 5.74. The van der Waals surface area contributed by atoms with E-state index in [4.69, 9.17) is 0 Å². The van der Waals surface area contributed by atoms with Gasteiger partial charge in [0.1, 0.15) is 0 Å². The average Bonchev–Trinajstić information content (AvgIpc) is 2.11. The molecule has 0 saturated carbocycles. The van der Waals surface area contributed by atoms with Gasteiger partial charge in [0, 0.05) is 6.42 Å². The molecule has 12 heavy (non-hydrogen) atoms. The number of hydrogen-bond donors (Lipinski definition) is 0. The lowest BCUT2D eigenvalue weighted by molar-refractivity contribution is -0.140. The van der Waals surface area contributed by atoms with Gasteiger partial charge in [-0.2, -0.15) is 0 Å². The van der Waals surface area contributed by atoms with E-state index < -0.39 is 0 Å². The van der Waals surface area contributed by atoms with E-state index in [1.54, 1.807) is 12.2 Å². The highest BCUT2D eigenvalue weighted by Gasteiger charge is 1.99. The Bertz CT molecular complexity index is 202. The highest BCUT2D eigenvalue weighted by Crippen LogP contribution is 2.06. The summed E-state index contributed by atoms with van der Waals surface area (Å²) >= 11 is 0. The van der Waals surface area contributed by atoms with Crippen LogP contribution in [0.3, 0.4) is 0 Å². The summed E-state index contributed by atoms with van der Waals surface area (Å²) in [6.07, 6.45) is 6.26. The molecule has 0 aromatic heterocycles. The van der Waals surface area contributed by atoms with Gasteiger partial charge in [0.25, 0.3) is 0 Å². The summed E-state index contributed by atoms with van der Waals surface area (Å²) in [6, 6.07) is 0. The highest BCUT2D eigenvalue weighted by molar-refractivity contribution is 5.69. The lowest BCUT2D eigenvalue weighted by Gasteiger charge is -1.99. The standard InChI is InChI=1S/C10H14O2/c1-4-6-9(5-2)7-8-10(11)12-3/h4-6H,1-2,7-8H2,3H3. The third kappa shape index (κ3) is 4.50. The summed E-state index contributed by atoms with van der Waals surface area (Å²) in [6.45, 7) is 7.17. The smallest absolute Gasteiger partial charge is 0.305 e. The number of methoxy groups -OCH3 is 1. The zero-order chi connectivity index (χ0) is 9.40. The molecule has 66 valence electrons. The first-order valence-electron chi connectivity index (χ1n) is 3.75. The van der Waals surface area contributed by atoms with Gasteiger partial charge < -0.3 is 4.74 Å². The fourth-order valence-corrected chi connectivity index (χ4v) is 0.753. The molecule has 0 unspecified atom stereocenters. The van der Waals surface area contributed by atoms with Gasteiger partial charge in [-0.1, -0.05) is 31.4 Å². The van der Waals surface area contributed by atoms with Crippen LogP contribution in [0.5, 0.6) is 0 Å². The quantitative estimate of drug-likeness (QED) is 0.462. The van der Waals surface area contributed by atoms with E-state index in [0.717, 1.165) is 5.57 Å². The zero-order valence-corrected chi connectivity index (χ0v) is 7.38. The van der Waals surface area contributed by atoms with Crippen molar-refractivity contribution < 1.29 is 9.53 Å². The van der Waals surface area contributed by atoms with Gasteiger partial charge in [-0.25, -0.2) is 0 Å². The minimum absolute atomic E-state index is 0.202. The Labute approximate surface area is 73.2 Å². The van der Waals surface area contributed by atoms with E-state index in [0.29, 0.717) is 12.8 Å². The predicted molar refractivity (Wildman–Crippen MR) is 49.7 cm³/mol. The summed E-state index contributed by atoms with van der Waals surface area (Å²) in [4.78, 5) is 10.7. The Morgan fingerprint density at radius 2 is 2.08 bits per heavy atom. The average molecular weight is 166 g/mol. The van der Waals surface area contributed by atoms with Gasteiger partial charge in [0.15, 0.2) is 0 Å². The molecule has 0 saturated heterocycles. The Morgan fingerprint density at radius 1 is 1.42 bits per heavy atom. The number of carbonyl (C=O) groups is 1. The molecule has 0 amide bonds. The van der Waals surface area contributed by atoms with Crippen LogP contribution in [0.15, 0.2) is 37.0 Å². The second kappa shape index (κ2) is 6.40. The lowest BCUT2D eigenvalue weighted by Crippen LogP contribution is -1.99. The van der Waals surface area contributed by atoms with Crippen LogP contribution >= 0.6 is 0 Å². The van der Waals surface area contributed by atoms with Crippen LogP contribution in [-0.4, -0.2) is 13.1 Å². The number of esters is 1. The summed E-state index contributed by atoms with van der Waals surface area (Å²) in [7, 11) is 1.38. The van der Waals surface area contributed by atoms with Crippen LogP contribution in [0.2, 0.25) is 0 Å². The lowest BCUT2D eigenvalue weighted by atomic mass is 10.1. The van der Waals surface area contributed by atoms with E-state index in [1.165, 1.54) is 7.11 Å². The van der Waals surface area contributed by atoms with Crippen molar-refractivity contribution in [3.8, 4) is 0 Å². The van der Waals surface area contributed by atoms with Crippen LogP contribution in [-0.2, 0) is 9.53 Å². The Hall–Kier alpha value is -1.31. The third-order valence-corrected chi connectivity index (χ3v) is 1.44. The van der Waals surface area contributed by atoms with E-state index in [2.05, 4.69) is 17.9 Å². The van der Waals surface area contributed by atoms with Crippen molar-refractivity contribution in [2.75, 3.05) is 7.11 Å². The molecule has 0 rings (SSSR count). The highest BCUT2D eigenvalue weighted by atomic mass is 16.5. The van der Waals surface area contributed by atoms with E-state index in [-0.39, 0.29) is 5.97 Å². The van der Waals surface area contributed by atoms with E-state index in [1.807, 2.05) is 6.08 Å². The minimum atomic E-state index is -0.202. The maximum absolute atomic E-state index is 10.7. The molecule has 0 aromatic rings. The van der Waals surface area contributed by atoms with Gasteiger partial charge >= 0.3 is 5.97 Å². The topological polar surface area (TPSA) is 26.3 Å². The summed E-state index contributed by atoms with van der Waals surface area (Å²) in [5.41, 5.74) is 0.996. The molecule has 0 radical (unpaired) electrons. The van der Waals surface area contributed by atoms with Crippen LogP contribution in [0.4, 0.5) is 0 Å². The van der Waals surface area contributed by atoms with Crippen LogP contribution < -0.4 is 0 Å². The Balaban J connectivity index is 3.88. The fraction of sp³-hybridized carbons (Fsp3) is 0.300. The molecule has 0 aromatic carbocycles. The first kappa shape index (κ1) is 10.7. The summed E-state index contributed by atoms with van der Waals surface area (Å²) in [5, 5.41) is 0. The molecule has 0 bridgehead atoms. The van der Waals surface area contributed by atoms with Gasteiger partial charge in [0.2, 0.25) is 0 Å². The normalized spacial score (nSPS) is 10.6. The van der Waals surface area contributed by atoms with Gasteiger partial charge in [-0.15, -0.1) is 0 Å².